The van der Waals surface area contributed by atoms with Gasteiger partial charge in [-0.2, -0.15) is 0 Å². The van der Waals surface area contributed by atoms with E-state index in [4.69, 9.17) is 9.47 Å². The monoisotopic (exact) mass is 552 g/mol. The Bertz CT molecular complexity index is 904. The van der Waals surface area contributed by atoms with Gasteiger partial charge in [-0.25, -0.2) is 0 Å². The van der Waals surface area contributed by atoms with Gasteiger partial charge in [0.05, 0.1) is 30.8 Å². The Kier molecular flexibility index (Phi) is 14.3. The van der Waals surface area contributed by atoms with Crippen LogP contribution in [-0.4, -0.2) is 79.7 Å². The normalized spacial score (nSPS) is 32.6. The lowest BCUT2D eigenvalue weighted by molar-refractivity contribution is -0.152. The second-order valence-corrected chi connectivity index (χ2v) is 10.9. The summed E-state index contributed by atoms with van der Waals surface area (Å²) >= 11 is 0. The minimum absolute atomic E-state index is 0.0884. The predicted molar refractivity (Wildman–Crippen MR) is 148 cm³/mol. The van der Waals surface area contributed by atoms with Crippen molar-refractivity contribution in [1.82, 2.24) is 0 Å². The van der Waals surface area contributed by atoms with Gasteiger partial charge in [0.15, 0.2) is 6.10 Å². The molecule has 1 aliphatic rings. The zero-order valence-corrected chi connectivity index (χ0v) is 24.2. The summed E-state index contributed by atoms with van der Waals surface area (Å²) in [5.74, 6) is -2.10. The van der Waals surface area contributed by atoms with E-state index in [2.05, 4.69) is 0 Å². The van der Waals surface area contributed by atoms with Gasteiger partial charge in [-0.3, -0.25) is 9.59 Å². The Morgan fingerprint density at radius 1 is 1.18 bits per heavy atom. The number of aliphatic hydroxyl groups is 5. The molecule has 1 aliphatic heterocycles. The minimum Gasteiger partial charge on any atom is -0.457 e. The third-order valence-corrected chi connectivity index (χ3v) is 7.04. The van der Waals surface area contributed by atoms with Crippen LogP contribution in [0.25, 0.3) is 0 Å². The molecule has 0 aromatic heterocycles. The average molecular weight is 553 g/mol. The molecular weight excluding hydrogens is 504 g/mol. The van der Waals surface area contributed by atoms with Crippen LogP contribution in [0.15, 0.2) is 48.1 Å². The molecule has 39 heavy (non-hydrogen) atoms. The van der Waals surface area contributed by atoms with Crippen LogP contribution in [0.3, 0.4) is 0 Å². The highest BCUT2D eigenvalue weighted by atomic mass is 16.6. The van der Waals surface area contributed by atoms with E-state index in [1.54, 1.807) is 38.2 Å². The van der Waals surface area contributed by atoms with Crippen LogP contribution >= 0.6 is 0 Å². The highest BCUT2D eigenvalue weighted by molar-refractivity contribution is 5.71. The molecule has 10 atom stereocenters. The third-order valence-electron chi connectivity index (χ3n) is 7.04. The van der Waals surface area contributed by atoms with E-state index in [0.29, 0.717) is 18.4 Å². The smallest absolute Gasteiger partial charge is 0.309 e. The standard InChI is InChI=1S/C30H48O9/c1-8-24(33)21(5)28(36)25(34)16-18(2)10-9-11-19(3)29-20(4)12-13-26(38-22(6)31)30(7,37)15-14-23(32)17-27(35)39-29/h9-15,18,20-21,23-26,28-29,32-34,36-37H,8,16-17H2,1-7H3/b10-9+,13-12+,15-14+,19-11+/t18-,20+,21-,23+,24-,25+,26+,28-,29-,30+/m0/s1. The summed E-state index contributed by atoms with van der Waals surface area (Å²) in [7, 11) is 0. The summed E-state index contributed by atoms with van der Waals surface area (Å²) in [5, 5.41) is 51.8. The van der Waals surface area contributed by atoms with Gasteiger partial charge < -0.3 is 35.0 Å². The van der Waals surface area contributed by atoms with Crippen LogP contribution in [0.2, 0.25) is 0 Å². The van der Waals surface area contributed by atoms with E-state index in [-0.39, 0.29) is 18.3 Å². The molecule has 222 valence electrons. The summed E-state index contributed by atoms with van der Waals surface area (Å²) in [5.41, 5.74) is -0.905. The summed E-state index contributed by atoms with van der Waals surface area (Å²) in [6, 6.07) is 0. The van der Waals surface area contributed by atoms with Crippen LogP contribution in [0.1, 0.15) is 67.7 Å². The number of ether oxygens (including phenoxy) is 2. The molecule has 1 heterocycles. The quantitative estimate of drug-likeness (QED) is 0.156. The number of hydrogen-bond donors (Lipinski definition) is 5. The summed E-state index contributed by atoms with van der Waals surface area (Å²) in [4.78, 5) is 24.2. The van der Waals surface area contributed by atoms with E-state index in [0.717, 1.165) is 0 Å². The van der Waals surface area contributed by atoms with Crippen molar-refractivity contribution in [3.05, 3.63) is 48.1 Å². The van der Waals surface area contributed by atoms with Gasteiger partial charge in [0.1, 0.15) is 11.7 Å². The number of allylic oxidation sites excluding steroid dienone is 3. The van der Waals surface area contributed by atoms with Crippen molar-refractivity contribution >= 4 is 11.9 Å². The van der Waals surface area contributed by atoms with Crippen molar-refractivity contribution in [2.45, 2.75) is 110 Å². The molecule has 0 radical (unpaired) electrons. The van der Waals surface area contributed by atoms with Crippen LogP contribution in [-0.2, 0) is 19.1 Å². The Morgan fingerprint density at radius 2 is 1.82 bits per heavy atom. The number of hydrogen-bond acceptors (Lipinski definition) is 9. The first kappa shape index (κ1) is 34.7. The molecule has 0 fully saturated rings. The number of rotatable bonds is 10. The predicted octanol–water partition coefficient (Wildman–Crippen LogP) is 2.75. The van der Waals surface area contributed by atoms with Crippen LogP contribution in [0, 0.1) is 17.8 Å². The lowest BCUT2D eigenvalue weighted by Gasteiger charge is -2.29. The molecule has 5 N–H and O–H groups in total. The van der Waals surface area contributed by atoms with Crippen molar-refractivity contribution < 1.29 is 44.6 Å². The van der Waals surface area contributed by atoms with Crippen molar-refractivity contribution in [1.29, 1.82) is 0 Å². The van der Waals surface area contributed by atoms with Gasteiger partial charge in [0, 0.05) is 18.8 Å². The van der Waals surface area contributed by atoms with Gasteiger partial charge in [0.25, 0.3) is 0 Å². The molecule has 0 amide bonds. The van der Waals surface area contributed by atoms with E-state index in [1.807, 2.05) is 26.8 Å². The Labute approximate surface area is 232 Å². The fraction of sp³-hybridized carbons (Fsp3) is 0.667. The van der Waals surface area contributed by atoms with Crippen molar-refractivity contribution in [3.63, 3.8) is 0 Å². The van der Waals surface area contributed by atoms with E-state index in [1.165, 1.54) is 26.0 Å². The molecule has 9 heteroatoms. The molecular formula is C30H48O9. The summed E-state index contributed by atoms with van der Waals surface area (Å²) in [6.07, 6.45) is 6.07. The molecule has 0 saturated carbocycles. The zero-order valence-electron chi connectivity index (χ0n) is 24.2. The first-order valence-corrected chi connectivity index (χ1v) is 13.6. The first-order valence-electron chi connectivity index (χ1n) is 13.6. The molecule has 0 unspecified atom stereocenters. The second kappa shape index (κ2) is 16.1. The van der Waals surface area contributed by atoms with E-state index >= 15 is 0 Å². The van der Waals surface area contributed by atoms with Gasteiger partial charge >= 0.3 is 11.9 Å². The van der Waals surface area contributed by atoms with Crippen LogP contribution < -0.4 is 0 Å². The van der Waals surface area contributed by atoms with Gasteiger partial charge in [0.2, 0.25) is 0 Å². The van der Waals surface area contributed by atoms with Gasteiger partial charge in [-0.15, -0.1) is 0 Å². The van der Waals surface area contributed by atoms with Crippen LogP contribution in [0.4, 0.5) is 0 Å². The highest BCUT2D eigenvalue weighted by Gasteiger charge is 2.32. The maximum atomic E-state index is 12.5. The lowest BCUT2D eigenvalue weighted by Crippen LogP contribution is -2.40. The number of carbonyl (C=O) groups excluding carboxylic acids is 2. The van der Waals surface area contributed by atoms with Crippen LogP contribution in [0.5, 0.6) is 0 Å². The Morgan fingerprint density at radius 3 is 2.41 bits per heavy atom. The Balaban J connectivity index is 3.09. The topological polar surface area (TPSA) is 154 Å². The molecule has 0 aromatic carbocycles. The molecule has 0 bridgehead atoms. The zero-order chi connectivity index (χ0) is 29.9. The third kappa shape index (κ3) is 11.8. The van der Waals surface area contributed by atoms with Gasteiger partial charge in [-0.1, -0.05) is 64.2 Å². The average Bonchev–Trinajstić information content (AvgIpc) is 2.85. The highest BCUT2D eigenvalue weighted by Crippen LogP contribution is 2.25. The number of esters is 2. The van der Waals surface area contributed by atoms with E-state index in [9.17, 15) is 35.1 Å². The van der Waals surface area contributed by atoms with Crippen molar-refractivity contribution in [3.8, 4) is 0 Å². The lowest BCUT2D eigenvalue weighted by atomic mass is 9.88. The largest absolute Gasteiger partial charge is 0.457 e. The fourth-order valence-electron chi connectivity index (χ4n) is 4.39. The fourth-order valence-corrected chi connectivity index (χ4v) is 4.39. The molecule has 0 aromatic rings. The molecule has 0 saturated heterocycles. The van der Waals surface area contributed by atoms with Crippen molar-refractivity contribution in [2.75, 3.05) is 0 Å². The second-order valence-electron chi connectivity index (χ2n) is 10.9. The maximum absolute atomic E-state index is 12.5. The summed E-state index contributed by atoms with van der Waals surface area (Å²) < 4.78 is 11.0. The van der Waals surface area contributed by atoms with Gasteiger partial charge in [-0.05, 0) is 44.3 Å². The SMILES string of the molecule is CC[C@H](O)[C@H](C)[C@H](O)[C@H](O)C[C@@H](C)/C=C/C=C(\C)[C@@H]1OC(=O)C[C@H](O)/C=C/[C@@](C)(O)[C@H](OC(C)=O)/C=C/[C@H]1C. The molecule has 0 aliphatic carbocycles. The van der Waals surface area contributed by atoms with Crippen molar-refractivity contribution in [2.24, 2.45) is 17.8 Å². The minimum atomic E-state index is -1.62. The Hall–Kier alpha value is -2.30. The molecule has 0 spiro atoms. The first-order chi connectivity index (χ1) is 18.1. The molecule has 9 nitrogen and oxygen atoms in total. The number of carbonyl (C=O) groups is 2. The van der Waals surface area contributed by atoms with E-state index < -0.39 is 60.1 Å². The number of cyclic esters (lactones) is 1. The number of aliphatic hydroxyl groups excluding tert-OH is 4. The molecule has 1 rings (SSSR count). The summed E-state index contributed by atoms with van der Waals surface area (Å²) in [6.45, 7) is 11.7. The maximum Gasteiger partial charge on any atom is 0.309 e.